The molecular weight excluding hydrogens is 658 g/mol. The van der Waals surface area contributed by atoms with E-state index in [1.807, 2.05) is 27.7 Å². The molecule has 12 unspecified atom stereocenters. The van der Waals surface area contributed by atoms with Crippen molar-refractivity contribution < 1.29 is 28.0 Å². The van der Waals surface area contributed by atoms with Crippen LogP contribution in [0.15, 0.2) is 12.7 Å². The number of nitrogens with one attached hydrogen (secondary N) is 4. The maximum Gasteiger partial charge on any atom is 0.320 e. The number of rotatable bonds is 4. The van der Waals surface area contributed by atoms with Crippen LogP contribution in [-0.2, 0) is 14.4 Å². The Morgan fingerprint density at radius 1 is 0.902 bits per heavy atom. The zero-order chi connectivity index (χ0) is 37.0. The van der Waals surface area contributed by atoms with E-state index < -0.39 is 60.6 Å². The minimum atomic E-state index is -1.41. The Morgan fingerprint density at radius 3 is 2.29 bits per heavy atom. The molecule has 0 aromatic carbocycles. The number of alkyl halides is 2. The van der Waals surface area contributed by atoms with Crippen molar-refractivity contribution in [1.29, 1.82) is 0 Å². The van der Waals surface area contributed by atoms with Crippen molar-refractivity contribution in [3.8, 4) is 0 Å². The summed E-state index contributed by atoms with van der Waals surface area (Å²) in [5, 5.41) is 13.5. The number of hydrogen-bond donors (Lipinski definition) is 4. The average molecular weight is 719 g/mol. The Kier molecular flexibility index (Phi) is 11.1. The average Bonchev–Trinajstić information content (AvgIpc) is 3.09. The molecule has 0 radical (unpaired) electrons. The van der Waals surface area contributed by atoms with Crippen LogP contribution >= 0.6 is 0 Å². The van der Waals surface area contributed by atoms with E-state index in [0.29, 0.717) is 32.5 Å². The first-order valence-electron chi connectivity index (χ1n) is 19.3. The van der Waals surface area contributed by atoms with Crippen molar-refractivity contribution in [3.63, 3.8) is 0 Å². The summed E-state index contributed by atoms with van der Waals surface area (Å²) in [7, 11) is 1.72. The number of piperidine rings is 2. The third kappa shape index (κ3) is 6.89. The molecule has 14 heteroatoms. The van der Waals surface area contributed by atoms with Gasteiger partial charge in [0.25, 0.3) is 0 Å². The first-order chi connectivity index (χ1) is 24.1. The predicted octanol–water partition coefficient (Wildman–Crippen LogP) is 2.21. The van der Waals surface area contributed by atoms with Crippen molar-refractivity contribution in [2.75, 3.05) is 26.7 Å². The highest BCUT2D eigenvalue weighted by Gasteiger charge is 2.58. The maximum atomic E-state index is 16.8. The van der Waals surface area contributed by atoms with E-state index in [1.165, 1.54) is 6.08 Å². The first-order valence-corrected chi connectivity index (χ1v) is 19.3. The van der Waals surface area contributed by atoms with E-state index in [2.05, 4.69) is 46.6 Å². The number of carbonyl (C=O) groups excluding carboxylic acids is 4. The van der Waals surface area contributed by atoms with Gasteiger partial charge in [-0.25, -0.2) is 13.6 Å². The Labute approximate surface area is 301 Å². The highest BCUT2D eigenvalue weighted by Crippen LogP contribution is 2.43. The molecule has 286 valence electrons. The quantitative estimate of drug-likeness (QED) is 0.329. The number of amides is 5. The lowest BCUT2D eigenvalue weighted by molar-refractivity contribution is -0.145. The molecule has 1 saturated carbocycles. The Morgan fingerprint density at radius 2 is 1.63 bits per heavy atom. The Bertz CT molecular complexity index is 1350. The van der Waals surface area contributed by atoms with Crippen LogP contribution in [0.3, 0.4) is 0 Å². The molecule has 6 aliphatic rings. The molecule has 0 aromatic rings. The molecule has 4 N–H and O–H groups in total. The van der Waals surface area contributed by atoms with Crippen LogP contribution in [0.2, 0.25) is 0 Å². The lowest BCUT2D eigenvalue weighted by Gasteiger charge is -2.60. The second-order valence-corrected chi connectivity index (χ2v) is 16.9. The normalized spacial score (nSPS) is 42.6. The summed E-state index contributed by atoms with van der Waals surface area (Å²) in [6.45, 7) is 17.0. The van der Waals surface area contributed by atoms with E-state index in [9.17, 15) is 19.2 Å². The Balaban J connectivity index is 1.45. The topological polar surface area (TPSA) is 129 Å². The smallest absolute Gasteiger partial charge is 0.320 e. The van der Waals surface area contributed by atoms with Gasteiger partial charge < -0.3 is 30.7 Å². The molecule has 0 spiro atoms. The van der Waals surface area contributed by atoms with Crippen LogP contribution in [0.4, 0.5) is 13.6 Å². The van der Waals surface area contributed by atoms with E-state index in [0.717, 1.165) is 0 Å². The molecule has 6 fully saturated rings. The zero-order valence-electron chi connectivity index (χ0n) is 31.4. The number of nitrogens with zero attached hydrogens (tertiary/aromatic N) is 4. The predicted molar refractivity (Wildman–Crippen MR) is 190 cm³/mol. The van der Waals surface area contributed by atoms with Crippen LogP contribution in [0.5, 0.6) is 0 Å². The van der Waals surface area contributed by atoms with Crippen LogP contribution < -0.4 is 21.3 Å². The minimum Gasteiger partial charge on any atom is -0.344 e. The third-order valence-corrected chi connectivity index (χ3v) is 13.1. The third-order valence-electron chi connectivity index (χ3n) is 13.1. The van der Waals surface area contributed by atoms with Crippen LogP contribution in [0, 0.1) is 29.6 Å². The SMILES string of the molecule is C=CC(=O)N1C[C@H](C)N(C2NC(=O)N3C4NC(C(F)CC42)C2CC(CCC2F)N(C)C(=O)C(C(C)C)NC(=O)C2CCNC(C(C)C)C23)C[C@H]1C. The van der Waals surface area contributed by atoms with Gasteiger partial charge in [-0.15, -0.1) is 0 Å². The van der Waals surface area contributed by atoms with E-state index >= 15 is 8.78 Å². The number of fused-ring (bicyclic) bond motifs is 6. The summed E-state index contributed by atoms with van der Waals surface area (Å²) in [5.41, 5.74) is 0. The summed E-state index contributed by atoms with van der Waals surface area (Å²) >= 11 is 0. The molecule has 5 aliphatic heterocycles. The minimum absolute atomic E-state index is 0.0288. The van der Waals surface area contributed by atoms with Gasteiger partial charge in [0.05, 0.1) is 24.3 Å². The van der Waals surface area contributed by atoms with E-state index in [1.54, 1.807) is 21.7 Å². The van der Waals surface area contributed by atoms with Gasteiger partial charge in [0.2, 0.25) is 17.7 Å². The van der Waals surface area contributed by atoms with Crippen LogP contribution in [-0.4, -0.2) is 137 Å². The number of hydrogen-bond acceptors (Lipinski definition) is 7. The molecule has 5 saturated heterocycles. The van der Waals surface area contributed by atoms with E-state index in [-0.39, 0.29) is 79.0 Å². The lowest BCUT2D eigenvalue weighted by Crippen LogP contribution is -2.80. The summed E-state index contributed by atoms with van der Waals surface area (Å²) in [5.74, 6) is -2.64. The summed E-state index contributed by atoms with van der Waals surface area (Å²) < 4.78 is 32.9. The molecule has 5 heterocycles. The number of piperazine rings is 1. The fourth-order valence-corrected chi connectivity index (χ4v) is 10.3. The molecule has 51 heavy (non-hydrogen) atoms. The second kappa shape index (κ2) is 14.9. The van der Waals surface area contributed by atoms with Gasteiger partial charge in [-0.3, -0.25) is 24.6 Å². The summed E-state index contributed by atoms with van der Waals surface area (Å²) in [6.07, 6.45) is -1.15. The first kappa shape index (κ1) is 37.9. The van der Waals surface area contributed by atoms with Crippen molar-refractivity contribution >= 4 is 23.8 Å². The van der Waals surface area contributed by atoms with Gasteiger partial charge in [0, 0.05) is 62.2 Å². The molecule has 1 aliphatic carbocycles. The highest BCUT2D eigenvalue weighted by atomic mass is 19.1. The fraction of sp³-hybridized carbons (Fsp3) is 0.838. The van der Waals surface area contributed by atoms with Gasteiger partial charge in [-0.05, 0) is 70.4 Å². The monoisotopic (exact) mass is 718 g/mol. The van der Waals surface area contributed by atoms with Gasteiger partial charge in [0.1, 0.15) is 18.4 Å². The maximum absolute atomic E-state index is 16.8. The van der Waals surface area contributed by atoms with Gasteiger partial charge >= 0.3 is 6.03 Å². The molecule has 0 aromatic heterocycles. The number of urea groups is 1. The number of carbonyl (C=O) groups is 4. The molecule has 5 amide bonds. The summed E-state index contributed by atoms with van der Waals surface area (Å²) in [6, 6.07) is -3.58. The largest absolute Gasteiger partial charge is 0.344 e. The molecule has 14 atom stereocenters. The van der Waals surface area contributed by atoms with Crippen molar-refractivity contribution in [2.45, 2.75) is 141 Å². The fourth-order valence-electron chi connectivity index (χ4n) is 10.3. The highest BCUT2D eigenvalue weighted by molar-refractivity contribution is 5.90. The van der Waals surface area contributed by atoms with E-state index in [4.69, 9.17) is 0 Å². The molecular formula is C37H60F2N8O4. The zero-order valence-corrected chi connectivity index (χ0v) is 31.4. The molecule has 4 bridgehead atoms. The van der Waals surface area contributed by atoms with Crippen LogP contribution in [0.25, 0.3) is 0 Å². The molecule has 6 rings (SSSR count). The number of likely N-dealkylation sites (N-methyl/N-ethyl adjacent to an activating group) is 1. The van der Waals surface area contributed by atoms with Crippen molar-refractivity contribution in [3.05, 3.63) is 12.7 Å². The Hall–Kier alpha value is -2.84. The standard InChI is InChI=1S/C37H60F2N8O4/c1-9-28(48)45-16-21(7)46(17-20(45)6)33-25-15-27(39)31-24-14-22(10-11-26(24)38)44(8)36(50)30(19(4)5)42-35(49)23-12-13-40-29(18(2)3)32(23)47(34(25)41-31)37(51)43-33/h9,18-27,29-34,40-41H,1,10-17H2,2-8H3,(H,42,49)(H,43,51)/t20-,21+,22?,23?,24?,25?,26?,27?,29?,30?,31?,32?,33?,34?/m1/s1. The summed E-state index contributed by atoms with van der Waals surface area (Å²) in [4.78, 5) is 63.2. The van der Waals surface area contributed by atoms with Gasteiger partial charge in [-0.2, -0.15) is 0 Å². The van der Waals surface area contributed by atoms with Gasteiger partial charge in [-0.1, -0.05) is 34.3 Å². The molecule has 12 nitrogen and oxygen atoms in total. The lowest BCUT2D eigenvalue weighted by atomic mass is 9.72. The van der Waals surface area contributed by atoms with Crippen LogP contribution in [0.1, 0.15) is 73.6 Å². The number of halogens is 2. The van der Waals surface area contributed by atoms with Crippen molar-refractivity contribution in [1.82, 2.24) is 40.9 Å². The van der Waals surface area contributed by atoms with Gasteiger partial charge in [0.15, 0.2) is 0 Å². The second-order valence-electron chi connectivity index (χ2n) is 16.9. The van der Waals surface area contributed by atoms with Crippen molar-refractivity contribution in [2.24, 2.45) is 29.6 Å².